The summed E-state index contributed by atoms with van der Waals surface area (Å²) < 4.78 is 31.9. The largest absolute Gasteiger partial charge is 0.423 e. The molecule has 0 fully saturated rings. The van der Waals surface area contributed by atoms with Crippen molar-refractivity contribution in [3.8, 4) is 5.75 Å². The van der Waals surface area contributed by atoms with E-state index in [1.54, 1.807) is 36.4 Å². The Hall–Kier alpha value is -3.24. The number of carbonyl (C=O) groups is 2. The van der Waals surface area contributed by atoms with E-state index in [4.69, 9.17) is 27.9 Å². The maximum absolute atomic E-state index is 12.2. The van der Waals surface area contributed by atoms with Gasteiger partial charge in [-0.2, -0.15) is 5.10 Å². The zero-order chi connectivity index (χ0) is 24.7. The summed E-state index contributed by atoms with van der Waals surface area (Å²) in [7, 11) is -3.81. The molecule has 0 aliphatic rings. The van der Waals surface area contributed by atoms with Crippen molar-refractivity contribution in [2.75, 3.05) is 6.54 Å². The van der Waals surface area contributed by atoms with Gasteiger partial charge in [0, 0.05) is 5.02 Å². The molecule has 3 aromatic carbocycles. The molecule has 0 saturated heterocycles. The SMILES string of the molecule is Cc1ccc(S(=O)(=O)NCC(=O)NN=Cc2ccc(OC(=O)c3ccc(Cl)cc3Cl)cc2)cc1. The van der Waals surface area contributed by atoms with Crippen molar-refractivity contribution in [1.29, 1.82) is 0 Å². The lowest BCUT2D eigenvalue weighted by molar-refractivity contribution is -0.119. The van der Waals surface area contributed by atoms with Crippen LogP contribution in [0.25, 0.3) is 0 Å². The van der Waals surface area contributed by atoms with Crippen LogP contribution in [0.1, 0.15) is 21.5 Å². The number of carbonyl (C=O) groups excluding carboxylic acids is 2. The van der Waals surface area contributed by atoms with Crippen LogP contribution in [0.15, 0.2) is 76.7 Å². The van der Waals surface area contributed by atoms with Gasteiger partial charge >= 0.3 is 5.97 Å². The number of nitrogens with zero attached hydrogens (tertiary/aromatic N) is 1. The second-order valence-electron chi connectivity index (χ2n) is 7.01. The first kappa shape index (κ1) is 25.4. The number of nitrogens with one attached hydrogen (secondary N) is 2. The van der Waals surface area contributed by atoms with Gasteiger partial charge in [-0.05, 0) is 67.1 Å². The van der Waals surface area contributed by atoms with E-state index in [9.17, 15) is 18.0 Å². The van der Waals surface area contributed by atoms with Crippen LogP contribution in [-0.4, -0.2) is 33.1 Å². The molecule has 11 heteroatoms. The van der Waals surface area contributed by atoms with Gasteiger partial charge in [0.1, 0.15) is 5.75 Å². The zero-order valence-electron chi connectivity index (χ0n) is 17.8. The van der Waals surface area contributed by atoms with Crippen molar-refractivity contribution in [2.24, 2.45) is 5.10 Å². The number of ether oxygens (including phenoxy) is 1. The van der Waals surface area contributed by atoms with E-state index in [2.05, 4.69) is 15.2 Å². The predicted octanol–water partition coefficient (Wildman–Crippen LogP) is 3.95. The molecule has 0 radical (unpaired) electrons. The Morgan fingerprint density at radius 2 is 1.68 bits per heavy atom. The Morgan fingerprint density at radius 1 is 1.00 bits per heavy atom. The Bertz CT molecular complexity index is 1330. The predicted molar refractivity (Wildman–Crippen MR) is 130 cm³/mol. The average Bonchev–Trinajstić information content (AvgIpc) is 2.79. The summed E-state index contributed by atoms with van der Waals surface area (Å²) in [5.41, 5.74) is 3.94. The molecule has 34 heavy (non-hydrogen) atoms. The van der Waals surface area contributed by atoms with Crippen molar-refractivity contribution in [2.45, 2.75) is 11.8 Å². The molecule has 0 saturated carbocycles. The Balaban J connectivity index is 1.49. The summed E-state index contributed by atoms with van der Waals surface area (Å²) in [4.78, 5) is 24.2. The number of esters is 1. The summed E-state index contributed by atoms with van der Waals surface area (Å²) in [5, 5.41) is 4.37. The lowest BCUT2D eigenvalue weighted by atomic mass is 10.2. The van der Waals surface area contributed by atoms with Crippen molar-refractivity contribution in [1.82, 2.24) is 10.1 Å². The highest BCUT2D eigenvalue weighted by Gasteiger charge is 2.15. The highest BCUT2D eigenvalue weighted by molar-refractivity contribution is 7.89. The smallest absolute Gasteiger partial charge is 0.345 e. The molecule has 0 spiro atoms. The van der Waals surface area contributed by atoms with Crippen LogP contribution in [0.5, 0.6) is 5.75 Å². The van der Waals surface area contributed by atoms with Crippen LogP contribution in [0.3, 0.4) is 0 Å². The fraction of sp³-hybridized carbons (Fsp3) is 0.0870. The fourth-order valence-corrected chi connectivity index (χ4v) is 4.09. The number of benzene rings is 3. The minimum absolute atomic E-state index is 0.0634. The molecule has 176 valence electrons. The van der Waals surface area contributed by atoms with Crippen molar-refractivity contribution in [3.63, 3.8) is 0 Å². The summed E-state index contributed by atoms with van der Waals surface area (Å²) in [6, 6.07) is 17.0. The van der Waals surface area contributed by atoms with Crippen LogP contribution < -0.4 is 14.9 Å². The molecule has 2 N–H and O–H groups in total. The molecule has 0 atom stereocenters. The molecule has 1 amide bonds. The van der Waals surface area contributed by atoms with Gasteiger partial charge in [0.2, 0.25) is 10.0 Å². The summed E-state index contributed by atoms with van der Waals surface area (Å²) >= 11 is 11.8. The van der Waals surface area contributed by atoms with Crippen LogP contribution in [0, 0.1) is 6.92 Å². The monoisotopic (exact) mass is 519 g/mol. The van der Waals surface area contributed by atoms with E-state index < -0.39 is 28.4 Å². The minimum Gasteiger partial charge on any atom is -0.423 e. The fourth-order valence-electron chi connectivity index (χ4n) is 2.62. The van der Waals surface area contributed by atoms with Crippen LogP contribution in [0.4, 0.5) is 0 Å². The van der Waals surface area contributed by atoms with Gasteiger partial charge in [-0.3, -0.25) is 4.79 Å². The third-order valence-electron chi connectivity index (χ3n) is 4.40. The molecule has 0 bridgehead atoms. The number of hydrazone groups is 1. The van der Waals surface area contributed by atoms with E-state index in [0.29, 0.717) is 10.6 Å². The third-order valence-corrected chi connectivity index (χ3v) is 6.36. The normalized spacial score (nSPS) is 11.4. The van der Waals surface area contributed by atoms with Gasteiger partial charge in [0.15, 0.2) is 0 Å². The lowest BCUT2D eigenvalue weighted by Gasteiger charge is -2.07. The van der Waals surface area contributed by atoms with Gasteiger partial charge in [0.05, 0.1) is 28.2 Å². The van der Waals surface area contributed by atoms with E-state index in [1.165, 1.54) is 36.5 Å². The standard InChI is InChI=1S/C23H19Cl2N3O5S/c1-15-2-9-19(10-3-15)34(31,32)27-14-22(29)28-26-13-16-4-7-18(8-5-16)33-23(30)20-11-6-17(24)12-21(20)25/h2-13,27H,14H2,1H3,(H,28,29). The lowest BCUT2D eigenvalue weighted by Crippen LogP contribution is -2.34. The quantitative estimate of drug-likeness (QED) is 0.202. The molecular formula is C23H19Cl2N3O5S. The zero-order valence-corrected chi connectivity index (χ0v) is 20.1. The Morgan fingerprint density at radius 3 is 2.32 bits per heavy atom. The van der Waals surface area contributed by atoms with Crippen molar-refractivity contribution < 1.29 is 22.7 Å². The minimum atomic E-state index is -3.81. The highest BCUT2D eigenvalue weighted by Crippen LogP contribution is 2.23. The molecule has 0 aliphatic heterocycles. The van der Waals surface area contributed by atoms with Crippen LogP contribution in [-0.2, 0) is 14.8 Å². The van der Waals surface area contributed by atoms with Gasteiger partial charge in [0.25, 0.3) is 5.91 Å². The number of sulfonamides is 1. The van der Waals surface area contributed by atoms with Gasteiger partial charge < -0.3 is 4.74 Å². The summed E-state index contributed by atoms with van der Waals surface area (Å²) in [6.07, 6.45) is 1.36. The molecule has 8 nitrogen and oxygen atoms in total. The Kier molecular flexibility index (Phi) is 8.41. The second kappa shape index (κ2) is 11.3. The van der Waals surface area contributed by atoms with Gasteiger partial charge in [-0.15, -0.1) is 0 Å². The van der Waals surface area contributed by atoms with E-state index in [-0.39, 0.29) is 21.2 Å². The number of amides is 1. The number of aryl methyl sites for hydroxylation is 1. The maximum Gasteiger partial charge on any atom is 0.345 e. The van der Waals surface area contributed by atoms with Crippen LogP contribution in [0.2, 0.25) is 10.0 Å². The van der Waals surface area contributed by atoms with Crippen molar-refractivity contribution >= 4 is 51.3 Å². The second-order valence-corrected chi connectivity index (χ2v) is 9.62. The first-order valence-electron chi connectivity index (χ1n) is 9.79. The van der Waals surface area contributed by atoms with Gasteiger partial charge in [-0.1, -0.05) is 40.9 Å². The molecule has 0 aliphatic carbocycles. The summed E-state index contributed by atoms with van der Waals surface area (Å²) in [6.45, 7) is 1.36. The maximum atomic E-state index is 12.2. The highest BCUT2D eigenvalue weighted by atomic mass is 35.5. The topological polar surface area (TPSA) is 114 Å². The molecule has 3 rings (SSSR count). The first-order valence-corrected chi connectivity index (χ1v) is 12.0. The van der Waals surface area contributed by atoms with Crippen LogP contribution >= 0.6 is 23.2 Å². The number of hydrogen-bond donors (Lipinski definition) is 2. The number of hydrogen-bond acceptors (Lipinski definition) is 6. The molecule has 0 heterocycles. The third kappa shape index (κ3) is 7.13. The Labute approximate surface area is 206 Å². The molecule has 3 aromatic rings. The molecule has 0 unspecified atom stereocenters. The average molecular weight is 520 g/mol. The number of halogens is 2. The number of rotatable bonds is 8. The first-order chi connectivity index (χ1) is 16.1. The molecular weight excluding hydrogens is 501 g/mol. The van der Waals surface area contributed by atoms with E-state index in [1.807, 2.05) is 6.92 Å². The summed E-state index contributed by atoms with van der Waals surface area (Å²) in [5.74, 6) is -0.997. The van der Waals surface area contributed by atoms with E-state index in [0.717, 1.165) is 5.56 Å². The van der Waals surface area contributed by atoms with E-state index >= 15 is 0 Å². The van der Waals surface area contributed by atoms with Gasteiger partial charge in [-0.25, -0.2) is 23.4 Å². The molecule has 0 aromatic heterocycles. The van der Waals surface area contributed by atoms with Crippen molar-refractivity contribution in [3.05, 3.63) is 93.5 Å².